The van der Waals surface area contributed by atoms with Crippen LogP contribution in [0.2, 0.25) is 0 Å². The third-order valence-corrected chi connectivity index (χ3v) is 3.17. The number of H-pyrrole nitrogens is 1. The van der Waals surface area contributed by atoms with E-state index in [1.807, 2.05) is 0 Å². The van der Waals surface area contributed by atoms with Gasteiger partial charge in [0.05, 0.1) is 6.61 Å². The van der Waals surface area contributed by atoms with Gasteiger partial charge in [-0.3, -0.25) is 14.3 Å². The van der Waals surface area contributed by atoms with Crippen LogP contribution in [0.5, 0.6) is 0 Å². The average molecular weight is 296 g/mol. The van der Waals surface area contributed by atoms with Crippen molar-refractivity contribution < 1.29 is 19.7 Å². The SMILES string of the molecule is CC#Cc1cn([C@@H]2O[C@H](COC)[C@@H](O)[C@@H]2O)c(=O)[nH]c1=O. The Balaban J connectivity index is 2.42. The van der Waals surface area contributed by atoms with Crippen LogP contribution in [0.3, 0.4) is 0 Å². The van der Waals surface area contributed by atoms with Crippen LogP contribution in [0.25, 0.3) is 0 Å². The molecule has 1 aromatic heterocycles. The number of methoxy groups -OCH3 is 1. The largest absolute Gasteiger partial charge is 0.387 e. The van der Waals surface area contributed by atoms with Crippen LogP contribution in [-0.2, 0) is 9.47 Å². The number of aliphatic hydroxyl groups excluding tert-OH is 2. The quantitative estimate of drug-likeness (QED) is 0.566. The van der Waals surface area contributed by atoms with Gasteiger partial charge in [-0.15, -0.1) is 5.92 Å². The number of aromatic amines is 1. The minimum Gasteiger partial charge on any atom is -0.387 e. The van der Waals surface area contributed by atoms with E-state index in [-0.39, 0.29) is 12.2 Å². The first-order chi connectivity index (χ1) is 9.99. The second kappa shape index (κ2) is 6.24. The number of hydrogen-bond acceptors (Lipinski definition) is 6. The number of nitrogens with zero attached hydrogens (tertiary/aromatic N) is 1. The lowest BCUT2D eigenvalue weighted by atomic mass is 10.1. The molecular weight excluding hydrogens is 280 g/mol. The maximum atomic E-state index is 11.9. The average Bonchev–Trinajstić information content (AvgIpc) is 2.71. The van der Waals surface area contributed by atoms with Gasteiger partial charge in [0.2, 0.25) is 0 Å². The smallest absolute Gasteiger partial charge is 0.330 e. The molecule has 1 aromatic rings. The van der Waals surface area contributed by atoms with Crippen LogP contribution in [0.15, 0.2) is 15.8 Å². The van der Waals surface area contributed by atoms with E-state index in [0.29, 0.717) is 0 Å². The molecule has 8 heteroatoms. The van der Waals surface area contributed by atoms with Crippen molar-refractivity contribution in [3.63, 3.8) is 0 Å². The first-order valence-corrected chi connectivity index (χ1v) is 6.28. The lowest BCUT2D eigenvalue weighted by Crippen LogP contribution is -2.38. The lowest BCUT2D eigenvalue weighted by molar-refractivity contribution is -0.0614. The highest BCUT2D eigenvalue weighted by Gasteiger charge is 2.44. The predicted octanol–water partition coefficient (Wildman–Crippen LogP) is -1.83. The van der Waals surface area contributed by atoms with Gasteiger partial charge in [0.1, 0.15) is 23.9 Å². The molecule has 0 bridgehead atoms. The molecule has 1 saturated heterocycles. The van der Waals surface area contributed by atoms with Gasteiger partial charge < -0.3 is 19.7 Å². The molecular formula is C13H16N2O6. The maximum Gasteiger partial charge on any atom is 0.330 e. The third kappa shape index (κ3) is 2.91. The van der Waals surface area contributed by atoms with Crippen LogP contribution in [0.1, 0.15) is 18.7 Å². The van der Waals surface area contributed by atoms with Gasteiger partial charge in [-0.05, 0) is 6.92 Å². The van der Waals surface area contributed by atoms with Crippen molar-refractivity contribution in [2.45, 2.75) is 31.5 Å². The highest BCUT2D eigenvalue weighted by Crippen LogP contribution is 2.28. The number of aromatic nitrogens is 2. The Morgan fingerprint density at radius 1 is 1.43 bits per heavy atom. The van der Waals surface area contributed by atoms with Crippen LogP contribution < -0.4 is 11.2 Å². The normalized spacial score (nSPS) is 28.2. The van der Waals surface area contributed by atoms with E-state index in [2.05, 4.69) is 16.8 Å². The Hall–Kier alpha value is -1.92. The Labute approximate surface area is 119 Å². The molecule has 1 aliphatic heterocycles. The summed E-state index contributed by atoms with van der Waals surface area (Å²) in [5, 5.41) is 19.9. The Kier molecular flexibility index (Phi) is 4.59. The molecule has 0 amide bonds. The van der Waals surface area contributed by atoms with Gasteiger partial charge in [-0.1, -0.05) is 5.92 Å². The Morgan fingerprint density at radius 3 is 2.76 bits per heavy atom. The molecule has 1 fully saturated rings. The lowest BCUT2D eigenvalue weighted by Gasteiger charge is -2.17. The summed E-state index contributed by atoms with van der Waals surface area (Å²) in [5.41, 5.74) is -1.30. The molecule has 2 heterocycles. The first-order valence-electron chi connectivity index (χ1n) is 6.28. The zero-order chi connectivity index (χ0) is 15.6. The second-order valence-corrected chi connectivity index (χ2v) is 4.59. The van der Waals surface area contributed by atoms with E-state index in [1.165, 1.54) is 13.3 Å². The molecule has 2 rings (SSSR count). The molecule has 0 spiro atoms. The van der Waals surface area contributed by atoms with Gasteiger partial charge in [-0.25, -0.2) is 4.79 Å². The summed E-state index contributed by atoms with van der Waals surface area (Å²) in [5.74, 6) is 5.10. The molecule has 0 aromatic carbocycles. The van der Waals surface area contributed by atoms with Crippen LogP contribution in [0, 0.1) is 11.8 Å². The zero-order valence-electron chi connectivity index (χ0n) is 11.6. The summed E-state index contributed by atoms with van der Waals surface area (Å²) < 4.78 is 11.3. The van der Waals surface area contributed by atoms with Gasteiger partial charge in [0.15, 0.2) is 6.23 Å². The molecule has 0 aliphatic carbocycles. The zero-order valence-corrected chi connectivity index (χ0v) is 11.6. The van der Waals surface area contributed by atoms with E-state index in [1.54, 1.807) is 6.92 Å². The van der Waals surface area contributed by atoms with Crippen molar-refractivity contribution in [2.24, 2.45) is 0 Å². The number of rotatable bonds is 3. The van der Waals surface area contributed by atoms with Gasteiger partial charge in [0, 0.05) is 13.3 Å². The van der Waals surface area contributed by atoms with Crippen molar-refractivity contribution in [3.8, 4) is 11.8 Å². The molecule has 3 N–H and O–H groups in total. The van der Waals surface area contributed by atoms with Crippen molar-refractivity contribution in [1.82, 2.24) is 9.55 Å². The maximum absolute atomic E-state index is 11.9. The summed E-state index contributed by atoms with van der Waals surface area (Å²) in [4.78, 5) is 25.5. The number of ether oxygens (including phenoxy) is 2. The summed E-state index contributed by atoms with van der Waals surface area (Å²) in [6, 6.07) is 0. The fraction of sp³-hybridized carbons (Fsp3) is 0.538. The van der Waals surface area contributed by atoms with Crippen LogP contribution >= 0.6 is 0 Å². The van der Waals surface area contributed by atoms with Crippen molar-refractivity contribution in [1.29, 1.82) is 0 Å². The topological polar surface area (TPSA) is 114 Å². The van der Waals surface area contributed by atoms with Crippen molar-refractivity contribution in [2.75, 3.05) is 13.7 Å². The Morgan fingerprint density at radius 2 is 2.14 bits per heavy atom. The summed E-state index contributed by atoms with van der Waals surface area (Å²) >= 11 is 0. The molecule has 1 aliphatic rings. The van der Waals surface area contributed by atoms with E-state index >= 15 is 0 Å². The number of aliphatic hydroxyl groups is 2. The summed E-state index contributed by atoms with van der Waals surface area (Å²) in [7, 11) is 1.43. The number of hydrogen-bond donors (Lipinski definition) is 3. The van der Waals surface area contributed by atoms with Gasteiger partial charge in [-0.2, -0.15) is 0 Å². The van der Waals surface area contributed by atoms with Crippen LogP contribution in [0.4, 0.5) is 0 Å². The Bertz CT molecular complexity index is 682. The number of nitrogens with one attached hydrogen (secondary N) is 1. The minimum atomic E-state index is -1.32. The molecule has 8 nitrogen and oxygen atoms in total. The van der Waals surface area contributed by atoms with Gasteiger partial charge >= 0.3 is 5.69 Å². The first kappa shape index (κ1) is 15.5. The molecule has 21 heavy (non-hydrogen) atoms. The molecule has 0 unspecified atom stereocenters. The van der Waals surface area contributed by atoms with Crippen molar-refractivity contribution in [3.05, 3.63) is 32.6 Å². The van der Waals surface area contributed by atoms with Crippen molar-refractivity contribution >= 4 is 0 Å². The fourth-order valence-corrected chi connectivity index (χ4v) is 2.16. The summed E-state index contributed by atoms with van der Waals surface area (Å²) in [6.45, 7) is 1.61. The molecule has 4 atom stereocenters. The van der Waals surface area contributed by atoms with E-state index in [9.17, 15) is 19.8 Å². The van der Waals surface area contributed by atoms with E-state index in [0.717, 1.165) is 4.57 Å². The minimum absolute atomic E-state index is 0.0639. The van der Waals surface area contributed by atoms with E-state index in [4.69, 9.17) is 9.47 Å². The second-order valence-electron chi connectivity index (χ2n) is 4.59. The standard InChI is InChI=1S/C13H16N2O6/c1-3-4-7-5-15(13(19)14-11(7)18)12-10(17)9(16)8(21-12)6-20-2/h5,8-10,12,16-17H,6H2,1-2H3,(H,14,18,19)/t8-,9-,10+,12-/m1/s1. The molecule has 114 valence electrons. The highest BCUT2D eigenvalue weighted by atomic mass is 16.6. The molecule has 0 radical (unpaired) electrons. The monoisotopic (exact) mass is 296 g/mol. The van der Waals surface area contributed by atoms with E-state index < -0.39 is 35.8 Å². The summed E-state index contributed by atoms with van der Waals surface area (Å²) in [6.07, 6.45) is -3.21. The third-order valence-electron chi connectivity index (χ3n) is 3.17. The molecule has 0 saturated carbocycles. The van der Waals surface area contributed by atoms with Crippen LogP contribution in [-0.4, -0.2) is 51.8 Å². The predicted molar refractivity (Wildman–Crippen MR) is 71.7 cm³/mol. The van der Waals surface area contributed by atoms with Gasteiger partial charge in [0.25, 0.3) is 5.56 Å². The fourth-order valence-electron chi connectivity index (χ4n) is 2.16. The highest BCUT2D eigenvalue weighted by molar-refractivity contribution is 5.28.